The summed E-state index contributed by atoms with van der Waals surface area (Å²) in [5, 5.41) is 21.7. The number of rotatable bonds is 2. The van der Waals surface area contributed by atoms with E-state index >= 15 is 0 Å². The molecule has 2 aliphatic rings. The summed E-state index contributed by atoms with van der Waals surface area (Å²) in [6.07, 6.45) is 2.51. The molecule has 1 saturated carbocycles. The maximum Gasteiger partial charge on any atom is 0.310 e. The van der Waals surface area contributed by atoms with Crippen molar-refractivity contribution in [3.05, 3.63) is 0 Å². The molecule has 0 aromatic carbocycles. The van der Waals surface area contributed by atoms with Crippen LogP contribution in [0.3, 0.4) is 0 Å². The van der Waals surface area contributed by atoms with Gasteiger partial charge < -0.3 is 15.5 Å². The lowest BCUT2D eigenvalue weighted by atomic mass is 9.58. The van der Waals surface area contributed by atoms with Gasteiger partial charge in [-0.05, 0) is 44.7 Å². The van der Waals surface area contributed by atoms with Crippen molar-refractivity contribution in [2.75, 3.05) is 13.1 Å². The second-order valence-corrected chi connectivity index (χ2v) is 4.57. The van der Waals surface area contributed by atoms with Gasteiger partial charge in [0.2, 0.25) is 0 Å². The van der Waals surface area contributed by atoms with E-state index in [0.29, 0.717) is 12.8 Å². The standard InChI is InChI=1S/C10H17NO3/c12-8-4-10(5-8,9(13)14)7-2-1-3-11-6-7/h7-8,11-12H,1-6H2,(H,13,14). The third kappa shape index (κ3) is 1.42. The monoisotopic (exact) mass is 199 g/mol. The number of piperidine rings is 1. The van der Waals surface area contributed by atoms with Crippen molar-refractivity contribution in [2.24, 2.45) is 11.3 Å². The summed E-state index contributed by atoms with van der Waals surface area (Å²) >= 11 is 0. The van der Waals surface area contributed by atoms with E-state index in [4.69, 9.17) is 0 Å². The van der Waals surface area contributed by atoms with Gasteiger partial charge in [0.05, 0.1) is 11.5 Å². The van der Waals surface area contributed by atoms with Crippen LogP contribution in [0.25, 0.3) is 0 Å². The van der Waals surface area contributed by atoms with Gasteiger partial charge >= 0.3 is 5.97 Å². The van der Waals surface area contributed by atoms with E-state index in [0.717, 1.165) is 25.9 Å². The lowest BCUT2D eigenvalue weighted by molar-refractivity contribution is -0.172. The Bertz CT molecular complexity index is 230. The molecule has 4 nitrogen and oxygen atoms in total. The van der Waals surface area contributed by atoms with Crippen molar-refractivity contribution in [3.8, 4) is 0 Å². The van der Waals surface area contributed by atoms with E-state index < -0.39 is 17.5 Å². The van der Waals surface area contributed by atoms with Crippen molar-refractivity contribution >= 4 is 5.97 Å². The molecule has 2 fully saturated rings. The molecule has 0 radical (unpaired) electrons. The molecule has 4 heteroatoms. The van der Waals surface area contributed by atoms with E-state index in [2.05, 4.69) is 5.32 Å². The lowest BCUT2D eigenvalue weighted by Crippen LogP contribution is -2.55. The molecule has 3 N–H and O–H groups in total. The van der Waals surface area contributed by atoms with Gasteiger partial charge in [-0.15, -0.1) is 0 Å². The average molecular weight is 199 g/mol. The van der Waals surface area contributed by atoms with Gasteiger partial charge in [0.25, 0.3) is 0 Å². The molecule has 0 spiro atoms. The van der Waals surface area contributed by atoms with Gasteiger partial charge in [0.1, 0.15) is 0 Å². The summed E-state index contributed by atoms with van der Waals surface area (Å²) in [5.41, 5.74) is -0.632. The Morgan fingerprint density at radius 1 is 1.43 bits per heavy atom. The highest BCUT2D eigenvalue weighted by Crippen LogP contribution is 2.49. The van der Waals surface area contributed by atoms with E-state index in [1.165, 1.54) is 0 Å². The summed E-state index contributed by atoms with van der Waals surface area (Å²) < 4.78 is 0. The summed E-state index contributed by atoms with van der Waals surface area (Å²) in [5.74, 6) is -0.520. The quantitative estimate of drug-likeness (QED) is 0.594. The minimum atomic E-state index is -0.725. The molecule has 0 bridgehead atoms. The second kappa shape index (κ2) is 3.51. The Morgan fingerprint density at radius 2 is 2.14 bits per heavy atom. The molecule has 1 aliphatic carbocycles. The van der Waals surface area contributed by atoms with Gasteiger partial charge in [-0.2, -0.15) is 0 Å². The lowest BCUT2D eigenvalue weighted by Gasteiger charge is -2.48. The van der Waals surface area contributed by atoms with E-state index in [9.17, 15) is 15.0 Å². The van der Waals surface area contributed by atoms with Gasteiger partial charge in [0, 0.05) is 0 Å². The van der Waals surface area contributed by atoms with E-state index in [1.54, 1.807) is 0 Å². The predicted octanol–water partition coefficient (Wildman–Crippen LogP) is 0.212. The van der Waals surface area contributed by atoms with E-state index in [-0.39, 0.29) is 5.92 Å². The first-order valence-electron chi connectivity index (χ1n) is 5.27. The van der Waals surface area contributed by atoms with Gasteiger partial charge in [-0.25, -0.2) is 0 Å². The summed E-state index contributed by atoms with van der Waals surface area (Å²) in [4.78, 5) is 11.2. The fourth-order valence-electron chi connectivity index (χ4n) is 2.79. The van der Waals surface area contributed by atoms with E-state index in [1.807, 2.05) is 0 Å². The number of hydrogen-bond donors (Lipinski definition) is 3. The number of aliphatic hydroxyl groups excluding tert-OH is 1. The Labute approximate surface area is 83.3 Å². The zero-order valence-electron chi connectivity index (χ0n) is 8.20. The average Bonchev–Trinajstić information content (AvgIpc) is 2.13. The van der Waals surface area contributed by atoms with Crippen LogP contribution in [0.4, 0.5) is 0 Å². The maximum absolute atomic E-state index is 11.2. The third-order valence-electron chi connectivity index (χ3n) is 3.70. The number of nitrogens with one attached hydrogen (secondary N) is 1. The van der Waals surface area contributed by atoms with Crippen molar-refractivity contribution in [3.63, 3.8) is 0 Å². The number of carboxylic acids is 1. The molecule has 2 rings (SSSR count). The Balaban J connectivity index is 2.07. The summed E-state index contributed by atoms with van der Waals surface area (Å²) in [6, 6.07) is 0. The maximum atomic E-state index is 11.2. The highest BCUT2D eigenvalue weighted by Gasteiger charge is 2.54. The smallest absolute Gasteiger partial charge is 0.310 e. The molecule has 0 aromatic heterocycles. The summed E-state index contributed by atoms with van der Waals surface area (Å²) in [7, 11) is 0. The molecule has 1 heterocycles. The largest absolute Gasteiger partial charge is 0.481 e. The molecule has 0 aromatic rings. The van der Waals surface area contributed by atoms with Crippen molar-refractivity contribution in [1.29, 1.82) is 0 Å². The zero-order valence-corrected chi connectivity index (χ0v) is 8.20. The van der Waals surface area contributed by atoms with Gasteiger partial charge in [-0.3, -0.25) is 4.79 Å². The molecule has 1 aliphatic heterocycles. The Hall–Kier alpha value is -0.610. The predicted molar refractivity (Wildman–Crippen MR) is 50.9 cm³/mol. The highest BCUT2D eigenvalue weighted by atomic mass is 16.4. The number of carbonyl (C=O) groups is 1. The van der Waals surface area contributed by atoms with Crippen LogP contribution in [0.5, 0.6) is 0 Å². The normalized spacial score (nSPS) is 42.9. The Kier molecular flexibility index (Phi) is 2.49. The van der Waals surface area contributed by atoms with Crippen LogP contribution in [0, 0.1) is 11.3 Å². The molecule has 1 unspecified atom stereocenters. The second-order valence-electron chi connectivity index (χ2n) is 4.57. The van der Waals surface area contributed by atoms with Crippen LogP contribution >= 0.6 is 0 Å². The first-order valence-corrected chi connectivity index (χ1v) is 5.27. The molecule has 80 valence electrons. The van der Waals surface area contributed by atoms with Crippen LogP contribution in [0.15, 0.2) is 0 Å². The fourth-order valence-corrected chi connectivity index (χ4v) is 2.79. The molecule has 0 amide bonds. The molecule has 14 heavy (non-hydrogen) atoms. The minimum absolute atomic E-state index is 0.206. The first kappa shape index (κ1) is 9.93. The van der Waals surface area contributed by atoms with Crippen LogP contribution in [0.2, 0.25) is 0 Å². The summed E-state index contributed by atoms with van der Waals surface area (Å²) in [6.45, 7) is 1.79. The topological polar surface area (TPSA) is 69.6 Å². The van der Waals surface area contributed by atoms with Crippen molar-refractivity contribution in [2.45, 2.75) is 31.8 Å². The molecule has 1 saturated heterocycles. The third-order valence-corrected chi connectivity index (χ3v) is 3.70. The van der Waals surface area contributed by atoms with Crippen LogP contribution < -0.4 is 5.32 Å². The van der Waals surface area contributed by atoms with Crippen molar-refractivity contribution in [1.82, 2.24) is 5.32 Å². The van der Waals surface area contributed by atoms with Gasteiger partial charge in [-0.1, -0.05) is 0 Å². The molecular formula is C10H17NO3. The van der Waals surface area contributed by atoms with Crippen molar-refractivity contribution < 1.29 is 15.0 Å². The number of aliphatic carboxylic acids is 1. The van der Waals surface area contributed by atoms with Crippen LogP contribution in [-0.2, 0) is 4.79 Å². The number of hydrogen-bond acceptors (Lipinski definition) is 3. The SMILES string of the molecule is O=C(O)C1(C2CCCNC2)CC(O)C1. The highest BCUT2D eigenvalue weighted by molar-refractivity contribution is 5.76. The fraction of sp³-hybridized carbons (Fsp3) is 0.900. The number of carboxylic acid groups (broad SMARTS) is 1. The Morgan fingerprint density at radius 3 is 2.57 bits per heavy atom. The molecule has 1 atom stereocenters. The van der Waals surface area contributed by atoms with Crippen LogP contribution in [0.1, 0.15) is 25.7 Å². The zero-order chi connectivity index (χ0) is 10.2. The first-order chi connectivity index (χ1) is 6.65. The molecular weight excluding hydrogens is 182 g/mol. The van der Waals surface area contributed by atoms with Crippen LogP contribution in [-0.4, -0.2) is 35.4 Å². The number of aliphatic hydroxyl groups is 1. The van der Waals surface area contributed by atoms with Gasteiger partial charge in [0.15, 0.2) is 0 Å². The minimum Gasteiger partial charge on any atom is -0.481 e.